The van der Waals surface area contributed by atoms with Crippen LogP contribution in [0.15, 0.2) is 48.5 Å². The topological polar surface area (TPSA) is 98.9 Å². The van der Waals surface area contributed by atoms with Gasteiger partial charge in [0.2, 0.25) is 0 Å². The molecule has 2 atom stereocenters. The fourth-order valence-electron chi connectivity index (χ4n) is 3.02. The maximum absolute atomic E-state index is 10.9. The molecule has 0 aliphatic carbocycles. The molecule has 0 aromatic heterocycles. The first kappa shape index (κ1) is 17.8. The summed E-state index contributed by atoms with van der Waals surface area (Å²) in [4.78, 5) is 21.5. The van der Waals surface area contributed by atoms with E-state index in [9.17, 15) is 9.59 Å². The quantitative estimate of drug-likeness (QED) is 0.861. The number of fused-ring (bicyclic) bond motifs is 2. The monoisotopic (exact) mass is 355 g/mol. The van der Waals surface area contributed by atoms with Crippen LogP contribution in [0.3, 0.4) is 0 Å². The standard InChI is InChI=1S/C10H11NO2.C10H10O3/c2*11-10(12)9-6-5-7-3-1-2-4-8(7)13-9/h1-4,9H,5-6H2,(H2,11,12);1-4,9H,5-6H2,(H,11,12)/t2*9-/m11/s1. The molecule has 0 saturated heterocycles. The molecule has 0 radical (unpaired) electrons. The molecule has 6 heteroatoms. The highest BCUT2D eigenvalue weighted by atomic mass is 16.5. The number of nitrogens with two attached hydrogens (primary N) is 1. The molecule has 0 fully saturated rings. The molecule has 0 spiro atoms. The third-order valence-electron chi connectivity index (χ3n) is 4.43. The third-order valence-corrected chi connectivity index (χ3v) is 4.43. The van der Waals surface area contributed by atoms with Crippen molar-refractivity contribution in [3.05, 3.63) is 59.7 Å². The average molecular weight is 355 g/mol. The highest BCUT2D eigenvalue weighted by Gasteiger charge is 2.25. The Morgan fingerprint density at radius 3 is 1.81 bits per heavy atom. The lowest BCUT2D eigenvalue weighted by molar-refractivity contribution is -0.145. The molecule has 2 aliphatic heterocycles. The molecule has 2 heterocycles. The molecule has 26 heavy (non-hydrogen) atoms. The second kappa shape index (κ2) is 7.91. The number of hydrogen-bond donors (Lipinski definition) is 2. The van der Waals surface area contributed by atoms with Crippen LogP contribution in [0.25, 0.3) is 0 Å². The van der Waals surface area contributed by atoms with Gasteiger partial charge in [-0.1, -0.05) is 36.4 Å². The van der Waals surface area contributed by atoms with E-state index in [1.165, 1.54) is 0 Å². The minimum Gasteiger partial charge on any atom is -0.480 e. The molecule has 4 rings (SSSR count). The fourth-order valence-corrected chi connectivity index (χ4v) is 3.02. The predicted octanol–water partition coefficient (Wildman–Crippen LogP) is 2.33. The minimum absolute atomic E-state index is 0.380. The van der Waals surface area contributed by atoms with E-state index in [0.29, 0.717) is 18.6 Å². The number of ether oxygens (including phenoxy) is 2. The van der Waals surface area contributed by atoms with E-state index >= 15 is 0 Å². The predicted molar refractivity (Wildman–Crippen MR) is 95.2 cm³/mol. The first-order chi connectivity index (χ1) is 12.5. The molecule has 2 aromatic carbocycles. The zero-order valence-electron chi connectivity index (χ0n) is 14.3. The second-order valence-corrected chi connectivity index (χ2v) is 6.25. The van der Waals surface area contributed by atoms with Crippen molar-refractivity contribution in [1.29, 1.82) is 0 Å². The van der Waals surface area contributed by atoms with E-state index < -0.39 is 18.2 Å². The molecule has 136 valence electrons. The summed E-state index contributed by atoms with van der Waals surface area (Å²) in [6.45, 7) is 0. The van der Waals surface area contributed by atoms with Crippen molar-refractivity contribution in [2.45, 2.75) is 37.9 Å². The molecule has 0 bridgehead atoms. The van der Waals surface area contributed by atoms with Gasteiger partial charge >= 0.3 is 5.97 Å². The number of amides is 1. The summed E-state index contributed by atoms with van der Waals surface area (Å²) >= 11 is 0. The van der Waals surface area contributed by atoms with Gasteiger partial charge in [-0.05, 0) is 48.9 Å². The summed E-state index contributed by atoms with van der Waals surface area (Å²) in [5.74, 6) is 0.239. The van der Waals surface area contributed by atoms with E-state index in [-0.39, 0.29) is 5.91 Å². The first-order valence-electron chi connectivity index (χ1n) is 8.56. The number of aryl methyl sites for hydroxylation is 2. The van der Waals surface area contributed by atoms with Crippen molar-refractivity contribution in [3.8, 4) is 11.5 Å². The van der Waals surface area contributed by atoms with Crippen molar-refractivity contribution in [2.75, 3.05) is 0 Å². The van der Waals surface area contributed by atoms with Crippen molar-refractivity contribution < 1.29 is 24.2 Å². The highest BCUT2D eigenvalue weighted by Crippen LogP contribution is 2.27. The van der Waals surface area contributed by atoms with Crippen molar-refractivity contribution >= 4 is 11.9 Å². The lowest BCUT2D eigenvalue weighted by atomic mass is 10.0. The van der Waals surface area contributed by atoms with Crippen LogP contribution in [0.4, 0.5) is 0 Å². The molecule has 3 N–H and O–H groups in total. The molecule has 2 aliphatic rings. The molecule has 1 amide bonds. The van der Waals surface area contributed by atoms with Gasteiger partial charge in [-0.3, -0.25) is 4.79 Å². The Labute approximate surface area is 151 Å². The Kier molecular flexibility index (Phi) is 5.41. The van der Waals surface area contributed by atoms with Crippen LogP contribution >= 0.6 is 0 Å². The van der Waals surface area contributed by atoms with Crippen LogP contribution in [0.5, 0.6) is 11.5 Å². The molecular weight excluding hydrogens is 334 g/mol. The number of rotatable bonds is 2. The van der Waals surface area contributed by atoms with E-state index in [1.807, 2.05) is 48.5 Å². The SMILES string of the molecule is NC(=O)[C@H]1CCc2ccccc2O1.O=C(O)[C@H]1CCc2ccccc2O1. The van der Waals surface area contributed by atoms with E-state index in [0.717, 1.165) is 29.7 Å². The number of primary amides is 1. The van der Waals surface area contributed by atoms with Gasteiger partial charge in [-0.2, -0.15) is 0 Å². The Hall–Kier alpha value is -3.02. The number of hydrogen-bond acceptors (Lipinski definition) is 4. The minimum atomic E-state index is -0.880. The average Bonchev–Trinajstić information content (AvgIpc) is 2.67. The summed E-state index contributed by atoms with van der Waals surface area (Å²) in [5, 5.41) is 8.74. The molecule has 0 saturated carbocycles. The molecular formula is C20H21NO5. The molecule has 6 nitrogen and oxygen atoms in total. The number of benzene rings is 2. The van der Waals surface area contributed by atoms with Gasteiger partial charge in [0.1, 0.15) is 11.5 Å². The number of carboxylic acids is 1. The normalized spacial score (nSPS) is 20.2. The zero-order valence-corrected chi connectivity index (χ0v) is 14.3. The maximum atomic E-state index is 10.9. The van der Waals surface area contributed by atoms with Crippen LogP contribution in [0.2, 0.25) is 0 Å². The van der Waals surface area contributed by atoms with Gasteiger partial charge in [0.15, 0.2) is 12.2 Å². The highest BCUT2D eigenvalue weighted by molar-refractivity contribution is 5.79. The van der Waals surface area contributed by atoms with Crippen LogP contribution in [-0.4, -0.2) is 29.2 Å². The van der Waals surface area contributed by atoms with E-state index in [2.05, 4.69) is 0 Å². The van der Waals surface area contributed by atoms with E-state index in [4.69, 9.17) is 20.3 Å². The summed E-state index contributed by atoms with van der Waals surface area (Å²) in [6, 6.07) is 15.3. The Morgan fingerprint density at radius 2 is 1.31 bits per heavy atom. The van der Waals surface area contributed by atoms with E-state index in [1.54, 1.807) is 0 Å². The molecule has 0 unspecified atom stereocenters. The maximum Gasteiger partial charge on any atom is 0.344 e. The summed E-state index contributed by atoms with van der Waals surface area (Å²) in [5.41, 5.74) is 7.41. The lowest BCUT2D eigenvalue weighted by Crippen LogP contribution is -2.36. The number of para-hydroxylation sites is 2. The van der Waals surface area contributed by atoms with Gasteiger partial charge in [-0.15, -0.1) is 0 Å². The number of carbonyl (C=O) groups excluding carboxylic acids is 1. The lowest BCUT2D eigenvalue weighted by Gasteiger charge is -2.23. The largest absolute Gasteiger partial charge is 0.480 e. The Bertz CT molecular complexity index is 737. The summed E-state index contributed by atoms with van der Waals surface area (Å²) < 4.78 is 10.7. The first-order valence-corrected chi connectivity index (χ1v) is 8.56. The Balaban J connectivity index is 0.000000151. The number of aliphatic carboxylic acids is 1. The Morgan fingerprint density at radius 1 is 0.846 bits per heavy atom. The van der Waals surface area contributed by atoms with Crippen molar-refractivity contribution in [2.24, 2.45) is 5.73 Å². The summed E-state index contributed by atoms with van der Waals surface area (Å²) in [6.07, 6.45) is 1.78. The van der Waals surface area contributed by atoms with Gasteiger partial charge < -0.3 is 20.3 Å². The van der Waals surface area contributed by atoms with Crippen LogP contribution in [0, 0.1) is 0 Å². The van der Waals surface area contributed by atoms with Crippen LogP contribution in [-0.2, 0) is 22.4 Å². The number of carboxylic acid groups (broad SMARTS) is 1. The fraction of sp³-hybridized carbons (Fsp3) is 0.300. The van der Waals surface area contributed by atoms with Gasteiger partial charge in [-0.25, -0.2) is 4.79 Å². The van der Waals surface area contributed by atoms with Crippen LogP contribution in [0.1, 0.15) is 24.0 Å². The van der Waals surface area contributed by atoms with Crippen molar-refractivity contribution in [1.82, 2.24) is 0 Å². The second-order valence-electron chi connectivity index (χ2n) is 6.25. The zero-order chi connectivity index (χ0) is 18.5. The van der Waals surface area contributed by atoms with Crippen molar-refractivity contribution in [3.63, 3.8) is 0 Å². The van der Waals surface area contributed by atoms with Gasteiger partial charge in [0.05, 0.1) is 0 Å². The number of carbonyl (C=O) groups is 2. The summed E-state index contributed by atoms with van der Waals surface area (Å²) in [7, 11) is 0. The molecule has 2 aromatic rings. The smallest absolute Gasteiger partial charge is 0.344 e. The van der Waals surface area contributed by atoms with Gasteiger partial charge in [0.25, 0.3) is 5.91 Å². The van der Waals surface area contributed by atoms with Gasteiger partial charge in [0, 0.05) is 0 Å². The van der Waals surface area contributed by atoms with Crippen LogP contribution < -0.4 is 15.2 Å². The third kappa shape index (κ3) is 4.14.